The molecule has 1 aromatic heterocycles. The van der Waals surface area contributed by atoms with Crippen LogP contribution in [0.5, 0.6) is 0 Å². The summed E-state index contributed by atoms with van der Waals surface area (Å²) in [6, 6.07) is 5.74. The van der Waals surface area contributed by atoms with Gasteiger partial charge in [-0.05, 0) is 23.6 Å². The monoisotopic (exact) mass is 245 g/mol. The second kappa shape index (κ2) is 4.23. The molecule has 0 aliphatic heterocycles. The maximum absolute atomic E-state index is 11.9. The smallest absolute Gasteiger partial charge is 0.346 e. The summed E-state index contributed by atoms with van der Waals surface area (Å²) in [6.07, 6.45) is 0. The van der Waals surface area contributed by atoms with Crippen molar-refractivity contribution in [3.05, 3.63) is 40.1 Å². The molecule has 0 amide bonds. The van der Waals surface area contributed by atoms with Crippen LogP contribution in [0, 0.1) is 0 Å². The van der Waals surface area contributed by atoms with Gasteiger partial charge < -0.3 is 4.42 Å². The average Bonchev–Trinajstić information content (AvgIpc) is 2.26. The van der Waals surface area contributed by atoms with Gasteiger partial charge in [0.1, 0.15) is 0 Å². The van der Waals surface area contributed by atoms with E-state index in [0.29, 0.717) is 17.2 Å². The summed E-state index contributed by atoms with van der Waals surface area (Å²) in [5.74, 6) is 0.905. The standard InChI is InChI=1S/C15H19NO2/c1-9(2)10-6-7-11-12(8-10)16-14(15(3,4)5)18-13(11)17/h6-9H,1-5H3. The second-order valence-electron chi connectivity index (χ2n) is 5.99. The number of hydrogen-bond donors (Lipinski definition) is 0. The predicted molar refractivity (Wildman–Crippen MR) is 73.1 cm³/mol. The van der Waals surface area contributed by atoms with Gasteiger partial charge in [-0.1, -0.05) is 40.7 Å². The molecule has 0 saturated heterocycles. The molecule has 1 heterocycles. The van der Waals surface area contributed by atoms with Gasteiger partial charge in [0.2, 0.25) is 5.89 Å². The molecule has 1 aromatic carbocycles. The molecular weight excluding hydrogens is 226 g/mol. The third-order valence-electron chi connectivity index (χ3n) is 2.96. The Balaban J connectivity index is 2.73. The number of aromatic nitrogens is 1. The Morgan fingerprint density at radius 1 is 1.22 bits per heavy atom. The number of fused-ring (bicyclic) bond motifs is 1. The largest absolute Gasteiger partial charge is 0.407 e. The van der Waals surface area contributed by atoms with Crippen LogP contribution in [0.25, 0.3) is 10.9 Å². The van der Waals surface area contributed by atoms with Crippen LogP contribution in [-0.4, -0.2) is 4.98 Å². The Bertz CT molecular complexity index is 633. The van der Waals surface area contributed by atoms with Crippen LogP contribution in [0.1, 0.15) is 52.0 Å². The van der Waals surface area contributed by atoms with E-state index in [1.54, 1.807) is 6.07 Å². The van der Waals surface area contributed by atoms with Crippen LogP contribution in [0.15, 0.2) is 27.4 Å². The Morgan fingerprint density at radius 2 is 1.89 bits per heavy atom. The summed E-state index contributed by atoms with van der Waals surface area (Å²) in [5.41, 5.74) is 1.34. The van der Waals surface area contributed by atoms with E-state index >= 15 is 0 Å². The molecule has 0 atom stereocenters. The number of benzene rings is 1. The van der Waals surface area contributed by atoms with Crippen molar-refractivity contribution in [1.82, 2.24) is 4.98 Å². The topological polar surface area (TPSA) is 43.1 Å². The van der Waals surface area contributed by atoms with E-state index in [2.05, 4.69) is 18.8 Å². The van der Waals surface area contributed by atoms with Gasteiger partial charge in [0, 0.05) is 5.41 Å². The van der Waals surface area contributed by atoms with Crippen molar-refractivity contribution < 1.29 is 4.42 Å². The van der Waals surface area contributed by atoms with E-state index in [1.165, 1.54) is 5.56 Å². The molecule has 2 aromatic rings. The van der Waals surface area contributed by atoms with E-state index in [9.17, 15) is 4.79 Å². The first-order valence-corrected chi connectivity index (χ1v) is 6.24. The highest BCUT2D eigenvalue weighted by Crippen LogP contribution is 2.23. The summed E-state index contributed by atoms with van der Waals surface area (Å²) in [7, 11) is 0. The molecule has 96 valence electrons. The molecule has 0 bridgehead atoms. The maximum atomic E-state index is 11.9. The van der Waals surface area contributed by atoms with Gasteiger partial charge >= 0.3 is 5.63 Å². The van der Waals surface area contributed by atoms with Crippen LogP contribution in [0.4, 0.5) is 0 Å². The normalized spacial score (nSPS) is 12.3. The van der Waals surface area contributed by atoms with Crippen LogP contribution in [-0.2, 0) is 5.41 Å². The zero-order valence-corrected chi connectivity index (χ0v) is 11.6. The summed E-state index contributed by atoms with van der Waals surface area (Å²) in [4.78, 5) is 16.4. The van der Waals surface area contributed by atoms with Gasteiger partial charge in [0.15, 0.2) is 0 Å². The Morgan fingerprint density at radius 3 is 2.44 bits per heavy atom. The fourth-order valence-electron chi connectivity index (χ4n) is 1.77. The Kier molecular flexibility index (Phi) is 3.01. The zero-order chi connectivity index (χ0) is 13.5. The highest BCUT2D eigenvalue weighted by atomic mass is 16.4. The highest BCUT2D eigenvalue weighted by Gasteiger charge is 2.20. The van der Waals surface area contributed by atoms with Crippen molar-refractivity contribution in [2.75, 3.05) is 0 Å². The van der Waals surface area contributed by atoms with Gasteiger partial charge in [-0.25, -0.2) is 9.78 Å². The predicted octanol–water partition coefficient (Wildman–Crippen LogP) is 3.61. The summed E-state index contributed by atoms with van der Waals surface area (Å²) >= 11 is 0. The summed E-state index contributed by atoms with van der Waals surface area (Å²) in [6.45, 7) is 10.2. The lowest BCUT2D eigenvalue weighted by molar-refractivity contribution is 0.360. The fraction of sp³-hybridized carbons (Fsp3) is 0.467. The fourth-order valence-corrected chi connectivity index (χ4v) is 1.77. The van der Waals surface area contributed by atoms with E-state index in [-0.39, 0.29) is 11.0 Å². The van der Waals surface area contributed by atoms with Crippen LogP contribution >= 0.6 is 0 Å². The molecule has 3 heteroatoms. The number of nitrogens with zero attached hydrogens (tertiary/aromatic N) is 1. The van der Waals surface area contributed by atoms with Crippen molar-refractivity contribution in [1.29, 1.82) is 0 Å². The maximum Gasteiger partial charge on any atom is 0.346 e. The van der Waals surface area contributed by atoms with E-state index < -0.39 is 0 Å². The zero-order valence-electron chi connectivity index (χ0n) is 11.6. The minimum Gasteiger partial charge on any atom is -0.407 e. The summed E-state index contributed by atoms with van der Waals surface area (Å²) < 4.78 is 5.29. The number of hydrogen-bond acceptors (Lipinski definition) is 3. The first-order chi connectivity index (χ1) is 8.29. The van der Waals surface area contributed by atoms with E-state index in [1.807, 2.05) is 32.9 Å². The van der Waals surface area contributed by atoms with E-state index in [4.69, 9.17) is 4.42 Å². The second-order valence-corrected chi connectivity index (χ2v) is 5.99. The van der Waals surface area contributed by atoms with Crippen LogP contribution in [0.2, 0.25) is 0 Å². The number of rotatable bonds is 1. The first kappa shape index (κ1) is 12.8. The van der Waals surface area contributed by atoms with E-state index in [0.717, 1.165) is 5.52 Å². The van der Waals surface area contributed by atoms with Crippen molar-refractivity contribution in [3.63, 3.8) is 0 Å². The molecule has 0 fully saturated rings. The highest BCUT2D eigenvalue weighted by molar-refractivity contribution is 5.77. The van der Waals surface area contributed by atoms with Crippen molar-refractivity contribution >= 4 is 10.9 Å². The molecule has 2 rings (SSSR count). The minimum atomic E-state index is -0.305. The molecule has 0 spiro atoms. The molecule has 3 nitrogen and oxygen atoms in total. The molecule has 18 heavy (non-hydrogen) atoms. The first-order valence-electron chi connectivity index (χ1n) is 6.24. The molecule has 0 aliphatic carbocycles. The van der Waals surface area contributed by atoms with Crippen molar-refractivity contribution in [2.24, 2.45) is 0 Å². The molecule has 0 unspecified atom stereocenters. The summed E-state index contributed by atoms with van der Waals surface area (Å²) in [5, 5.41) is 0.549. The van der Waals surface area contributed by atoms with Crippen LogP contribution in [0.3, 0.4) is 0 Å². The molecule has 0 radical (unpaired) electrons. The Labute approximate surface area is 107 Å². The third kappa shape index (κ3) is 2.30. The van der Waals surface area contributed by atoms with Gasteiger partial charge in [0.05, 0.1) is 10.9 Å². The lowest BCUT2D eigenvalue weighted by atomic mass is 9.96. The van der Waals surface area contributed by atoms with Gasteiger partial charge in [-0.2, -0.15) is 0 Å². The average molecular weight is 245 g/mol. The minimum absolute atomic E-state index is 0.263. The lowest BCUT2D eigenvalue weighted by Crippen LogP contribution is -2.17. The lowest BCUT2D eigenvalue weighted by Gasteiger charge is -2.15. The van der Waals surface area contributed by atoms with Gasteiger partial charge in [0.25, 0.3) is 0 Å². The van der Waals surface area contributed by atoms with Crippen LogP contribution < -0.4 is 5.63 Å². The molecule has 0 aliphatic rings. The molecule has 0 saturated carbocycles. The molecule has 0 N–H and O–H groups in total. The Hall–Kier alpha value is -1.64. The molecular formula is C15H19NO2. The van der Waals surface area contributed by atoms with Crippen molar-refractivity contribution in [3.8, 4) is 0 Å². The van der Waals surface area contributed by atoms with Crippen molar-refractivity contribution in [2.45, 2.75) is 46.0 Å². The SMILES string of the molecule is CC(C)c1ccc2c(=O)oc(C(C)(C)C)nc2c1. The van der Waals surface area contributed by atoms with Gasteiger partial charge in [-0.15, -0.1) is 0 Å². The van der Waals surface area contributed by atoms with Gasteiger partial charge in [-0.3, -0.25) is 0 Å². The third-order valence-corrected chi connectivity index (χ3v) is 2.96. The quantitative estimate of drug-likeness (QED) is 0.770.